The van der Waals surface area contributed by atoms with Gasteiger partial charge in [0, 0.05) is 13.1 Å². The largest absolute Gasteiger partial charge is 0.214 e. The molecule has 0 aromatic heterocycles. The molecule has 1 heterocycles. The first-order valence-corrected chi connectivity index (χ1v) is 5.26. The van der Waals surface area contributed by atoms with E-state index in [2.05, 4.69) is 6.58 Å². The average Bonchev–Trinajstić information content (AvgIpc) is 2.07. The summed E-state index contributed by atoms with van der Waals surface area (Å²) in [5.74, 6) is 0.556. The molecule has 0 saturated carbocycles. The van der Waals surface area contributed by atoms with Crippen LogP contribution in [0.15, 0.2) is 12.7 Å². The molecule has 3 nitrogen and oxygen atoms in total. The van der Waals surface area contributed by atoms with E-state index in [1.165, 1.54) is 4.31 Å². The highest BCUT2D eigenvalue weighted by atomic mass is 32.2. The minimum Gasteiger partial charge on any atom is -0.212 e. The second-order valence-corrected chi connectivity index (χ2v) is 5.00. The fourth-order valence-corrected chi connectivity index (χ4v) is 3.16. The summed E-state index contributed by atoms with van der Waals surface area (Å²) in [6, 6.07) is 0. The lowest BCUT2D eigenvalue weighted by Crippen LogP contribution is -2.25. The lowest BCUT2D eigenvalue weighted by molar-refractivity contribution is 0.446. The molecule has 0 N–H and O–H groups in total. The molecule has 0 aromatic rings. The van der Waals surface area contributed by atoms with Gasteiger partial charge in [0.1, 0.15) is 0 Å². The molecule has 1 atom stereocenters. The van der Waals surface area contributed by atoms with Crippen LogP contribution in [-0.2, 0) is 10.0 Å². The first kappa shape index (κ1) is 8.74. The third kappa shape index (κ3) is 1.81. The van der Waals surface area contributed by atoms with E-state index >= 15 is 0 Å². The van der Waals surface area contributed by atoms with Gasteiger partial charge in [-0.3, -0.25) is 0 Å². The number of nitrogens with zero attached hydrogens (tertiary/aromatic N) is 1. The second kappa shape index (κ2) is 2.95. The maximum absolute atomic E-state index is 11.2. The lowest BCUT2D eigenvalue weighted by Gasteiger charge is -2.10. The molecule has 1 rings (SSSR count). The summed E-state index contributed by atoms with van der Waals surface area (Å²) < 4.78 is 24.0. The summed E-state index contributed by atoms with van der Waals surface area (Å²) in [5.41, 5.74) is 0. The molecule has 0 radical (unpaired) electrons. The molecule has 0 amide bonds. The molecule has 4 heteroatoms. The van der Waals surface area contributed by atoms with E-state index < -0.39 is 10.0 Å². The Balaban J connectivity index is 2.74. The molecule has 0 aromatic carbocycles. The van der Waals surface area contributed by atoms with E-state index in [0.29, 0.717) is 18.8 Å². The smallest absolute Gasteiger partial charge is 0.212 e. The van der Waals surface area contributed by atoms with Crippen LogP contribution in [0.3, 0.4) is 0 Å². The quantitative estimate of drug-likeness (QED) is 0.572. The molecular weight excluding hydrogens is 162 g/mol. The van der Waals surface area contributed by atoms with Crippen molar-refractivity contribution < 1.29 is 8.42 Å². The monoisotopic (exact) mass is 175 g/mol. The minimum absolute atomic E-state index is 0.264. The lowest BCUT2D eigenvalue weighted by atomic mass is 10.2. The van der Waals surface area contributed by atoms with Crippen LogP contribution in [0.5, 0.6) is 0 Å². The molecular formula is C7H13NO2S. The Kier molecular flexibility index (Phi) is 2.34. The summed E-state index contributed by atoms with van der Waals surface area (Å²) in [5, 5.41) is 0. The van der Waals surface area contributed by atoms with Crippen LogP contribution in [0.2, 0.25) is 0 Å². The fraction of sp³-hybridized carbons (Fsp3) is 0.714. The van der Waals surface area contributed by atoms with Crippen molar-refractivity contribution in [1.82, 2.24) is 4.31 Å². The Morgan fingerprint density at radius 1 is 1.73 bits per heavy atom. The normalized spacial score (nSPS) is 30.5. The maximum atomic E-state index is 11.2. The van der Waals surface area contributed by atoms with Crippen molar-refractivity contribution in [2.75, 3.05) is 18.8 Å². The van der Waals surface area contributed by atoms with Crippen molar-refractivity contribution in [3.63, 3.8) is 0 Å². The van der Waals surface area contributed by atoms with E-state index in [1.54, 1.807) is 6.08 Å². The van der Waals surface area contributed by atoms with E-state index in [1.807, 2.05) is 6.92 Å². The number of hydrogen-bond donors (Lipinski definition) is 0. The molecule has 0 spiro atoms. The zero-order chi connectivity index (χ0) is 8.48. The van der Waals surface area contributed by atoms with Gasteiger partial charge in [-0.15, -0.1) is 6.58 Å². The fourth-order valence-electron chi connectivity index (χ4n) is 1.31. The molecule has 0 bridgehead atoms. The Hall–Kier alpha value is -0.350. The highest BCUT2D eigenvalue weighted by Gasteiger charge is 2.32. The number of hydrogen-bond acceptors (Lipinski definition) is 2. The van der Waals surface area contributed by atoms with Crippen LogP contribution in [0.1, 0.15) is 6.92 Å². The van der Waals surface area contributed by atoms with Crippen LogP contribution in [0.4, 0.5) is 0 Å². The van der Waals surface area contributed by atoms with E-state index in [-0.39, 0.29) is 5.92 Å². The average molecular weight is 175 g/mol. The third-order valence-electron chi connectivity index (χ3n) is 1.74. The van der Waals surface area contributed by atoms with Crippen LogP contribution >= 0.6 is 0 Å². The van der Waals surface area contributed by atoms with Gasteiger partial charge in [0.05, 0.1) is 5.75 Å². The molecule has 1 saturated heterocycles. The van der Waals surface area contributed by atoms with Gasteiger partial charge in [-0.1, -0.05) is 13.0 Å². The van der Waals surface area contributed by atoms with Crippen molar-refractivity contribution in [2.45, 2.75) is 6.92 Å². The molecule has 1 aliphatic heterocycles. The Labute approximate surface area is 67.8 Å². The predicted molar refractivity (Wildman–Crippen MR) is 44.7 cm³/mol. The predicted octanol–water partition coefficient (Wildman–Crippen LogP) is 0.454. The molecule has 1 fully saturated rings. The summed E-state index contributed by atoms with van der Waals surface area (Å²) in [6.07, 6.45) is 1.62. The molecule has 64 valence electrons. The summed E-state index contributed by atoms with van der Waals surface area (Å²) in [7, 11) is -2.94. The van der Waals surface area contributed by atoms with Crippen molar-refractivity contribution >= 4 is 10.0 Å². The van der Waals surface area contributed by atoms with Crippen LogP contribution in [0.25, 0.3) is 0 Å². The maximum Gasteiger partial charge on any atom is 0.214 e. The number of rotatable bonds is 2. The first-order valence-electron chi connectivity index (χ1n) is 3.65. The van der Waals surface area contributed by atoms with Gasteiger partial charge in [-0.05, 0) is 5.92 Å². The standard InChI is InChI=1S/C7H13NO2S/c1-3-4-8-5-7(2)6-11(8,9)10/h3,7H,1,4-6H2,2H3/t7-/m0/s1. The van der Waals surface area contributed by atoms with E-state index in [4.69, 9.17) is 0 Å². The van der Waals surface area contributed by atoms with Crippen molar-refractivity contribution in [3.8, 4) is 0 Å². The molecule has 0 unspecified atom stereocenters. The van der Waals surface area contributed by atoms with Crippen molar-refractivity contribution in [2.24, 2.45) is 5.92 Å². The van der Waals surface area contributed by atoms with Gasteiger partial charge in [-0.25, -0.2) is 8.42 Å². The van der Waals surface area contributed by atoms with Gasteiger partial charge < -0.3 is 0 Å². The number of sulfonamides is 1. The highest BCUT2D eigenvalue weighted by Crippen LogP contribution is 2.17. The Morgan fingerprint density at radius 3 is 2.73 bits per heavy atom. The highest BCUT2D eigenvalue weighted by molar-refractivity contribution is 7.89. The van der Waals surface area contributed by atoms with Gasteiger partial charge in [0.2, 0.25) is 10.0 Å². The Morgan fingerprint density at radius 2 is 2.36 bits per heavy atom. The second-order valence-electron chi connectivity index (χ2n) is 2.99. The van der Waals surface area contributed by atoms with Gasteiger partial charge >= 0.3 is 0 Å². The van der Waals surface area contributed by atoms with E-state index in [9.17, 15) is 8.42 Å². The minimum atomic E-state index is -2.94. The van der Waals surface area contributed by atoms with E-state index in [0.717, 1.165) is 0 Å². The van der Waals surface area contributed by atoms with Gasteiger partial charge in [0.15, 0.2) is 0 Å². The third-order valence-corrected chi connectivity index (χ3v) is 3.81. The van der Waals surface area contributed by atoms with Crippen LogP contribution < -0.4 is 0 Å². The molecule has 0 aliphatic carbocycles. The summed E-state index contributed by atoms with van der Waals surface area (Å²) in [6.45, 7) is 6.55. The zero-order valence-corrected chi connectivity index (χ0v) is 7.47. The SMILES string of the molecule is C=CCN1C[C@H](C)CS1(=O)=O. The van der Waals surface area contributed by atoms with Crippen molar-refractivity contribution in [1.29, 1.82) is 0 Å². The molecule has 11 heavy (non-hydrogen) atoms. The topological polar surface area (TPSA) is 37.4 Å². The van der Waals surface area contributed by atoms with Crippen LogP contribution in [-0.4, -0.2) is 31.6 Å². The Bertz CT molecular complexity index is 245. The summed E-state index contributed by atoms with van der Waals surface area (Å²) in [4.78, 5) is 0. The van der Waals surface area contributed by atoms with Crippen LogP contribution in [0, 0.1) is 5.92 Å². The van der Waals surface area contributed by atoms with Crippen molar-refractivity contribution in [3.05, 3.63) is 12.7 Å². The summed E-state index contributed by atoms with van der Waals surface area (Å²) >= 11 is 0. The first-order chi connectivity index (χ1) is 5.06. The molecule has 1 aliphatic rings. The zero-order valence-electron chi connectivity index (χ0n) is 6.66. The van der Waals surface area contributed by atoms with Gasteiger partial charge in [-0.2, -0.15) is 4.31 Å². The van der Waals surface area contributed by atoms with Gasteiger partial charge in [0.25, 0.3) is 0 Å².